The van der Waals surface area contributed by atoms with Gasteiger partial charge in [0.1, 0.15) is 4.90 Å². The zero-order valence-corrected chi connectivity index (χ0v) is 12.3. The molecule has 19 heavy (non-hydrogen) atoms. The largest absolute Gasteiger partial charge is 0.475 e. The lowest BCUT2D eigenvalue weighted by atomic mass is 10.1. The number of rotatable bonds is 3. The molecule has 1 saturated heterocycles. The lowest BCUT2D eigenvalue weighted by Crippen LogP contribution is -2.37. The number of hydrogen-bond acceptors (Lipinski definition) is 4. The van der Waals surface area contributed by atoms with Crippen molar-refractivity contribution in [1.29, 1.82) is 0 Å². The first-order chi connectivity index (χ1) is 8.89. The highest BCUT2D eigenvalue weighted by molar-refractivity contribution is 9.10. The molecule has 2 fully saturated rings. The second kappa shape index (κ2) is 4.32. The van der Waals surface area contributed by atoms with Crippen LogP contribution in [-0.4, -0.2) is 36.4 Å². The topological polar surface area (TPSA) is 87.8 Å². The van der Waals surface area contributed by atoms with Gasteiger partial charge in [0.25, 0.3) is 0 Å². The normalized spacial score (nSPS) is 27.0. The Balaban J connectivity index is 1.99. The number of sulfonamides is 1. The molecule has 1 aromatic heterocycles. The van der Waals surface area contributed by atoms with Crippen LogP contribution in [0.5, 0.6) is 0 Å². The molecule has 2 aliphatic rings. The van der Waals surface area contributed by atoms with Gasteiger partial charge in [0, 0.05) is 18.7 Å². The lowest BCUT2D eigenvalue weighted by molar-refractivity contribution is 0.0661. The molecular formula is C11H12BrNO5S. The molecule has 2 unspecified atom stereocenters. The molecule has 1 aliphatic carbocycles. The van der Waals surface area contributed by atoms with E-state index in [1.807, 2.05) is 0 Å². The van der Waals surface area contributed by atoms with Crippen LogP contribution in [0, 0.1) is 5.92 Å². The number of halogens is 1. The Bertz CT molecular complexity index is 638. The Kier molecular flexibility index (Phi) is 2.99. The quantitative estimate of drug-likeness (QED) is 0.900. The molecule has 104 valence electrons. The number of carboxylic acids is 1. The van der Waals surface area contributed by atoms with E-state index in [9.17, 15) is 13.2 Å². The number of fused-ring (bicyclic) bond motifs is 2. The predicted octanol–water partition coefficient (Wildman–Crippen LogP) is 1.91. The van der Waals surface area contributed by atoms with E-state index < -0.39 is 16.0 Å². The molecule has 6 nitrogen and oxygen atoms in total. The van der Waals surface area contributed by atoms with Gasteiger partial charge in [0.05, 0.1) is 0 Å². The van der Waals surface area contributed by atoms with Crippen LogP contribution < -0.4 is 0 Å². The number of furan rings is 1. The van der Waals surface area contributed by atoms with E-state index in [1.165, 1.54) is 4.31 Å². The zero-order valence-electron chi connectivity index (χ0n) is 9.87. The molecule has 3 rings (SSSR count). The molecule has 0 aromatic carbocycles. The van der Waals surface area contributed by atoms with Crippen molar-refractivity contribution in [3.05, 3.63) is 16.5 Å². The van der Waals surface area contributed by atoms with Crippen molar-refractivity contribution < 1.29 is 22.7 Å². The van der Waals surface area contributed by atoms with Crippen molar-refractivity contribution in [2.45, 2.75) is 30.2 Å². The average Bonchev–Trinajstić information content (AvgIpc) is 3.01. The summed E-state index contributed by atoms with van der Waals surface area (Å²) in [5.74, 6) is -1.23. The summed E-state index contributed by atoms with van der Waals surface area (Å²) in [5, 5.41) is 8.84. The predicted molar refractivity (Wildman–Crippen MR) is 68.4 cm³/mol. The Labute approximate surface area is 118 Å². The maximum Gasteiger partial charge on any atom is 0.371 e. The summed E-state index contributed by atoms with van der Waals surface area (Å²) in [6, 6.07) is 1.11. The molecule has 0 amide bonds. The minimum absolute atomic E-state index is 0.0464. The van der Waals surface area contributed by atoms with Crippen LogP contribution in [-0.2, 0) is 10.0 Å². The van der Waals surface area contributed by atoms with Crippen LogP contribution in [0.25, 0.3) is 0 Å². The fourth-order valence-corrected chi connectivity index (χ4v) is 5.58. The van der Waals surface area contributed by atoms with Crippen LogP contribution in [0.1, 0.15) is 29.8 Å². The number of piperidine rings is 1. The molecule has 2 atom stereocenters. The highest BCUT2D eigenvalue weighted by Crippen LogP contribution is 2.41. The molecule has 2 heterocycles. The van der Waals surface area contributed by atoms with Gasteiger partial charge in [-0.05, 0) is 41.1 Å². The van der Waals surface area contributed by atoms with Crippen LogP contribution in [0.3, 0.4) is 0 Å². The van der Waals surface area contributed by atoms with Gasteiger partial charge in [0.2, 0.25) is 15.8 Å². The monoisotopic (exact) mass is 349 g/mol. The van der Waals surface area contributed by atoms with E-state index in [0.29, 0.717) is 12.5 Å². The van der Waals surface area contributed by atoms with Gasteiger partial charge in [-0.15, -0.1) is 0 Å². The maximum atomic E-state index is 12.5. The maximum absolute atomic E-state index is 12.5. The average molecular weight is 350 g/mol. The fraction of sp³-hybridized carbons (Fsp3) is 0.545. The number of carbonyl (C=O) groups is 1. The van der Waals surface area contributed by atoms with E-state index >= 15 is 0 Å². The first kappa shape index (κ1) is 13.1. The van der Waals surface area contributed by atoms with Crippen molar-refractivity contribution >= 4 is 31.9 Å². The van der Waals surface area contributed by atoms with E-state index in [0.717, 1.165) is 25.3 Å². The smallest absolute Gasteiger partial charge is 0.371 e. The second-order valence-corrected chi connectivity index (χ2v) is 7.54. The van der Waals surface area contributed by atoms with Crippen molar-refractivity contribution in [3.63, 3.8) is 0 Å². The van der Waals surface area contributed by atoms with Gasteiger partial charge >= 0.3 is 5.97 Å². The van der Waals surface area contributed by atoms with E-state index in [2.05, 4.69) is 15.9 Å². The van der Waals surface area contributed by atoms with Gasteiger partial charge in [-0.1, -0.05) is 0 Å². The Morgan fingerprint density at radius 2 is 2.21 bits per heavy atom. The first-order valence-electron chi connectivity index (χ1n) is 5.94. The van der Waals surface area contributed by atoms with Crippen LogP contribution >= 0.6 is 15.9 Å². The Morgan fingerprint density at radius 1 is 1.47 bits per heavy atom. The number of aromatic carboxylic acids is 1. The third-order valence-electron chi connectivity index (χ3n) is 3.81. The van der Waals surface area contributed by atoms with Crippen LogP contribution in [0.15, 0.2) is 20.0 Å². The molecule has 2 bridgehead atoms. The van der Waals surface area contributed by atoms with Crippen molar-refractivity contribution in [3.8, 4) is 0 Å². The van der Waals surface area contributed by atoms with Crippen molar-refractivity contribution in [1.82, 2.24) is 4.31 Å². The molecule has 1 saturated carbocycles. The molecule has 1 aliphatic heterocycles. The number of nitrogens with zero attached hydrogens (tertiary/aromatic N) is 1. The van der Waals surface area contributed by atoms with Gasteiger partial charge in [-0.2, -0.15) is 4.31 Å². The molecule has 1 aromatic rings. The summed E-state index contributed by atoms with van der Waals surface area (Å²) in [6.45, 7) is 0.521. The second-order valence-electron chi connectivity index (χ2n) is 4.96. The standard InChI is InChI=1S/C11H12BrNO5S/c12-10-9(4-8(18-10)11(14)15)19(16,17)13-5-6-1-2-7(13)3-6/h4,6-7H,1-3,5H2,(H,14,15). The summed E-state index contributed by atoms with van der Waals surface area (Å²) in [4.78, 5) is 10.7. The molecule has 0 spiro atoms. The molecule has 1 N–H and O–H groups in total. The van der Waals surface area contributed by atoms with E-state index in [-0.39, 0.29) is 21.4 Å². The highest BCUT2D eigenvalue weighted by atomic mass is 79.9. The zero-order chi connectivity index (χ0) is 13.8. The van der Waals surface area contributed by atoms with Crippen LogP contribution in [0.2, 0.25) is 0 Å². The fourth-order valence-electron chi connectivity index (χ4n) is 2.93. The molecule has 8 heteroatoms. The minimum atomic E-state index is -3.68. The van der Waals surface area contributed by atoms with Gasteiger partial charge in [-0.25, -0.2) is 13.2 Å². The lowest BCUT2D eigenvalue weighted by Gasteiger charge is -2.25. The third kappa shape index (κ3) is 2.02. The summed E-state index contributed by atoms with van der Waals surface area (Å²) in [7, 11) is -3.68. The molecule has 0 radical (unpaired) electrons. The van der Waals surface area contributed by atoms with E-state index in [4.69, 9.17) is 9.52 Å². The summed E-state index contributed by atoms with van der Waals surface area (Å²) < 4.78 is 31.4. The Morgan fingerprint density at radius 3 is 2.68 bits per heavy atom. The highest BCUT2D eigenvalue weighted by Gasteiger charge is 2.45. The van der Waals surface area contributed by atoms with E-state index in [1.54, 1.807) is 0 Å². The summed E-state index contributed by atoms with van der Waals surface area (Å²) in [5.41, 5.74) is 0. The number of hydrogen-bond donors (Lipinski definition) is 1. The van der Waals surface area contributed by atoms with Gasteiger partial charge in [0.15, 0.2) is 4.67 Å². The van der Waals surface area contributed by atoms with Crippen molar-refractivity contribution in [2.75, 3.05) is 6.54 Å². The summed E-state index contributed by atoms with van der Waals surface area (Å²) >= 11 is 2.99. The SMILES string of the molecule is O=C(O)c1cc(S(=O)(=O)N2CC3CCC2C3)c(Br)o1. The third-order valence-corrected chi connectivity index (χ3v) is 6.59. The van der Waals surface area contributed by atoms with Crippen molar-refractivity contribution in [2.24, 2.45) is 5.92 Å². The number of carboxylic acid groups (broad SMARTS) is 1. The molecular weight excluding hydrogens is 338 g/mol. The summed E-state index contributed by atoms with van der Waals surface area (Å²) in [6.07, 6.45) is 2.86. The minimum Gasteiger partial charge on any atom is -0.475 e. The van der Waals surface area contributed by atoms with Crippen LogP contribution in [0.4, 0.5) is 0 Å². The van der Waals surface area contributed by atoms with Gasteiger partial charge in [-0.3, -0.25) is 0 Å². The van der Waals surface area contributed by atoms with Gasteiger partial charge < -0.3 is 9.52 Å². The first-order valence-corrected chi connectivity index (χ1v) is 8.17. The Hall–Kier alpha value is -0.860.